The summed E-state index contributed by atoms with van der Waals surface area (Å²) in [4.78, 5) is 12.8. The predicted molar refractivity (Wildman–Crippen MR) is 124 cm³/mol. The second-order valence-corrected chi connectivity index (χ2v) is 9.78. The highest BCUT2D eigenvalue weighted by molar-refractivity contribution is 7.90. The van der Waals surface area contributed by atoms with Crippen molar-refractivity contribution in [2.75, 3.05) is 5.32 Å². The Morgan fingerprint density at radius 2 is 1.74 bits per heavy atom. The average Bonchev–Trinajstić information content (AvgIpc) is 3.09. The van der Waals surface area contributed by atoms with E-state index in [9.17, 15) is 13.2 Å². The van der Waals surface area contributed by atoms with E-state index >= 15 is 0 Å². The summed E-state index contributed by atoms with van der Waals surface area (Å²) in [5.74, 6) is -0.367. The molecular weight excluding hydrogens is 432 g/mol. The average molecular weight is 453 g/mol. The number of hydrogen-bond acceptors (Lipinski definition) is 3. The highest BCUT2D eigenvalue weighted by Crippen LogP contribution is 2.29. The smallest absolute Gasteiger partial charge is 0.244 e. The number of halogens is 1. The second-order valence-electron chi connectivity index (χ2n) is 7.38. The van der Waals surface area contributed by atoms with Crippen molar-refractivity contribution < 1.29 is 13.2 Å². The lowest BCUT2D eigenvalue weighted by Gasteiger charge is -2.08. The number of aryl methyl sites for hydroxylation is 1. The van der Waals surface area contributed by atoms with Crippen LogP contribution in [0.5, 0.6) is 0 Å². The molecule has 0 saturated carbocycles. The molecule has 0 radical (unpaired) electrons. The van der Waals surface area contributed by atoms with Gasteiger partial charge in [-0.3, -0.25) is 4.79 Å². The van der Waals surface area contributed by atoms with Crippen LogP contribution in [0.15, 0.2) is 83.9 Å². The molecule has 0 aliphatic carbocycles. The van der Waals surface area contributed by atoms with Gasteiger partial charge >= 0.3 is 0 Å². The molecule has 0 aliphatic heterocycles. The Labute approximate surface area is 186 Å². The van der Waals surface area contributed by atoms with Crippen molar-refractivity contribution in [3.63, 3.8) is 0 Å². The number of aromatic nitrogens is 1. The molecule has 3 aromatic carbocycles. The van der Waals surface area contributed by atoms with E-state index in [2.05, 4.69) is 5.32 Å². The minimum atomic E-state index is -3.61. The first-order valence-corrected chi connectivity index (χ1v) is 11.8. The Kier molecular flexibility index (Phi) is 5.85. The lowest BCUT2D eigenvalue weighted by molar-refractivity contribution is -0.116. The number of para-hydroxylation sites is 1. The predicted octanol–water partition coefficient (Wildman–Crippen LogP) is 5.22. The molecule has 1 N–H and O–H groups in total. The molecule has 0 saturated heterocycles. The van der Waals surface area contributed by atoms with Gasteiger partial charge in [0.05, 0.1) is 10.6 Å². The number of carbonyl (C=O) groups excluding carboxylic acids is 1. The molecule has 158 valence electrons. The first kappa shape index (κ1) is 21.2. The lowest BCUT2D eigenvalue weighted by atomic mass is 10.1. The van der Waals surface area contributed by atoms with Crippen molar-refractivity contribution in [3.8, 4) is 0 Å². The number of nitrogens with zero attached hydrogens (tertiary/aromatic N) is 1. The van der Waals surface area contributed by atoms with Gasteiger partial charge < -0.3 is 9.88 Å². The first-order valence-electron chi connectivity index (χ1n) is 9.74. The van der Waals surface area contributed by atoms with Gasteiger partial charge in [-0.1, -0.05) is 60.1 Å². The Morgan fingerprint density at radius 1 is 1.00 bits per heavy atom. The van der Waals surface area contributed by atoms with E-state index in [1.165, 1.54) is 0 Å². The van der Waals surface area contributed by atoms with Gasteiger partial charge in [0.2, 0.25) is 5.91 Å². The molecule has 0 fully saturated rings. The molecule has 0 atom stereocenters. The van der Waals surface area contributed by atoms with Gasteiger partial charge in [0.15, 0.2) is 9.84 Å². The number of amides is 1. The van der Waals surface area contributed by atoms with Gasteiger partial charge in [-0.15, -0.1) is 0 Å². The van der Waals surface area contributed by atoms with Crippen molar-refractivity contribution in [2.24, 2.45) is 0 Å². The molecule has 5 nitrogen and oxygen atoms in total. The summed E-state index contributed by atoms with van der Waals surface area (Å²) in [7, 11) is -3.61. The Balaban J connectivity index is 1.66. The van der Waals surface area contributed by atoms with Crippen LogP contribution in [0, 0.1) is 6.92 Å². The van der Waals surface area contributed by atoms with Crippen molar-refractivity contribution in [3.05, 3.63) is 95.1 Å². The van der Waals surface area contributed by atoms with Crippen LogP contribution < -0.4 is 5.32 Å². The molecule has 0 spiro atoms. The van der Waals surface area contributed by atoms with Crippen molar-refractivity contribution >= 4 is 43.9 Å². The van der Waals surface area contributed by atoms with Gasteiger partial charge in [-0.2, -0.15) is 0 Å². The van der Waals surface area contributed by atoms with Crippen LogP contribution in [0.25, 0.3) is 10.9 Å². The molecule has 4 aromatic rings. The van der Waals surface area contributed by atoms with E-state index < -0.39 is 9.84 Å². The van der Waals surface area contributed by atoms with E-state index in [1.807, 2.05) is 43.3 Å². The highest BCUT2D eigenvalue weighted by Gasteiger charge is 2.23. The van der Waals surface area contributed by atoms with E-state index in [0.717, 1.165) is 11.1 Å². The number of hydrogen-bond donors (Lipinski definition) is 1. The molecule has 0 bridgehead atoms. The number of carbonyl (C=O) groups is 1. The molecule has 0 aliphatic rings. The summed E-state index contributed by atoms with van der Waals surface area (Å²) in [5, 5.41) is 3.92. The maximum absolute atomic E-state index is 13.3. The second kappa shape index (κ2) is 8.57. The number of benzene rings is 3. The minimum absolute atomic E-state index is 0.0209. The number of nitrogens with one attached hydrogen (secondary N) is 1. The Morgan fingerprint density at radius 3 is 2.52 bits per heavy atom. The molecule has 4 rings (SSSR count). The van der Waals surface area contributed by atoms with E-state index in [1.54, 1.807) is 47.2 Å². The van der Waals surface area contributed by atoms with Crippen LogP contribution in [-0.2, 0) is 26.9 Å². The van der Waals surface area contributed by atoms with Crippen LogP contribution >= 0.6 is 11.6 Å². The third kappa shape index (κ3) is 4.65. The molecule has 1 aromatic heterocycles. The summed E-state index contributed by atoms with van der Waals surface area (Å²) in [6, 6.07) is 21.5. The third-order valence-electron chi connectivity index (χ3n) is 5.12. The fourth-order valence-electron chi connectivity index (χ4n) is 3.57. The van der Waals surface area contributed by atoms with Crippen LogP contribution in [-0.4, -0.2) is 18.9 Å². The van der Waals surface area contributed by atoms with Crippen molar-refractivity contribution in [1.29, 1.82) is 0 Å². The molecular formula is C24H21ClN2O3S. The van der Waals surface area contributed by atoms with Crippen molar-refractivity contribution in [1.82, 2.24) is 4.57 Å². The standard InChI is InChI=1S/C24H21ClN2O3S/c1-17-7-2-3-8-18(17)16-31(29,30)23-14-27(22-12-5-4-11-21(22)23)15-24(28)26-20-10-6-9-19(25)13-20/h2-14H,15-16H2,1H3,(H,26,28). The number of rotatable bonds is 6. The normalized spacial score (nSPS) is 11.5. The topological polar surface area (TPSA) is 68.2 Å². The molecule has 31 heavy (non-hydrogen) atoms. The molecule has 1 heterocycles. The summed E-state index contributed by atoms with van der Waals surface area (Å²) in [6.45, 7) is 1.88. The van der Waals surface area contributed by atoms with E-state index in [-0.39, 0.29) is 23.1 Å². The summed E-state index contributed by atoms with van der Waals surface area (Å²) in [6.07, 6.45) is 1.55. The monoisotopic (exact) mass is 452 g/mol. The maximum Gasteiger partial charge on any atom is 0.244 e. The highest BCUT2D eigenvalue weighted by atomic mass is 35.5. The SMILES string of the molecule is Cc1ccccc1CS(=O)(=O)c1cn(CC(=O)Nc2cccc(Cl)c2)c2ccccc12. The molecule has 1 amide bonds. The summed E-state index contributed by atoms with van der Waals surface area (Å²) in [5.41, 5.74) is 2.96. The fourth-order valence-corrected chi connectivity index (χ4v) is 5.44. The van der Waals surface area contributed by atoms with Gasteiger partial charge in [-0.25, -0.2) is 8.42 Å². The molecule has 0 unspecified atom stereocenters. The van der Waals surface area contributed by atoms with Crippen molar-refractivity contribution in [2.45, 2.75) is 24.1 Å². The zero-order valence-electron chi connectivity index (χ0n) is 16.9. The maximum atomic E-state index is 13.3. The van der Waals surface area contributed by atoms with E-state index in [4.69, 9.17) is 11.6 Å². The zero-order valence-corrected chi connectivity index (χ0v) is 18.5. The first-order chi connectivity index (χ1) is 14.8. The van der Waals surface area contributed by atoms with Crippen LogP contribution in [0.3, 0.4) is 0 Å². The summed E-state index contributed by atoms with van der Waals surface area (Å²) < 4.78 is 28.2. The zero-order chi connectivity index (χ0) is 22.0. The number of anilines is 1. The van der Waals surface area contributed by atoms with E-state index in [0.29, 0.717) is 21.6 Å². The number of sulfone groups is 1. The van der Waals surface area contributed by atoms with Gasteiger partial charge in [0.25, 0.3) is 0 Å². The fraction of sp³-hybridized carbons (Fsp3) is 0.125. The Bertz CT molecular complexity index is 1380. The van der Waals surface area contributed by atoms with Crippen LogP contribution in [0.4, 0.5) is 5.69 Å². The van der Waals surface area contributed by atoms with Gasteiger partial charge in [0, 0.05) is 27.8 Å². The van der Waals surface area contributed by atoms with Crippen LogP contribution in [0.2, 0.25) is 5.02 Å². The van der Waals surface area contributed by atoms with Gasteiger partial charge in [-0.05, 0) is 42.3 Å². The third-order valence-corrected chi connectivity index (χ3v) is 7.04. The molecule has 7 heteroatoms. The van der Waals surface area contributed by atoms with Gasteiger partial charge in [0.1, 0.15) is 6.54 Å². The Hall–Kier alpha value is -3.09. The summed E-state index contributed by atoms with van der Waals surface area (Å²) >= 11 is 5.97. The lowest BCUT2D eigenvalue weighted by Crippen LogP contribution is -2.18. The quantitative estimate of drug-likeness (QED) is 0.436. The largest absolute Gasteiger partial charge is 0.337 e. The van der Waals surface area contributed by atoms with Crippen LogP contribution in [0.1, 0.15) is 11.1 Å². The number of fused-ring (bicyclic) bond motifs is 1. The minimum Gasteiger partial charge on any atom is -0.337 e.